The monoisotopic (exact) mass is 455 g/mol. The minimum atomic E-state index is -0.284. The number of benzene rings is 2. The van der Waals surface area contributed by atoms with Gasteiger partial charge in [0.2, 0.25) is 5.91 Å². The molecule has 1 aliphatic heterocycles. The zero-order valence-corrected chi connectivity index (χ0v) is 18.8. The van der Waals surface area contributed by atoms with Crippen molar-refractivity contribution in [3.8, 4) is 0 Å². The van der Waals surface area contributed by atoms with Crippen LogP contribution in [0.2, 0.25) is 0 Å². The molecule has 1 atom stereocenters. The maximum Gasteiger partial charge on any atom is 0.246 e. The largest absolute Gasteiger partial charge is 0.367 e. The van der Waals surface area contributed by atoms with Gasteiger partial charge in [0.1, 0.15) is 18.2 Å². The number of carbonyl (C=O) groups is 1. The van der Waals surface area contributed by atoms with E-state index in [4.69, 9.17) is 4.74 Å². The first-order valence-electron chi connectivity index (χ1n) is 11.6. The first-order valence-corrected chi connectivity index (χ1v) is 11.6. The van der Waals surface area contributed by atoms with Crippen LogP contribution in [0.25, 0.3) is 10.9 Å². The summed E-state index contributed by atoms with van der Waals surface area (Å²) in [5, 5.41) is 3.82. The SMILES string of the molecule is O=C(COCc1ccc(F)cc1)NCCCCC1CCN(Cc2cc3cc(F)ccc3[nH]2)C1. The molecule has 2 N–H and O–H groups in total. The van der Waals surface area contributed by atoms with Gasteiger partial charge in [-0.25, -0.2) is 8.78 Å². The molecule has 1 fully saturated rings. The van der Waals surface area contributed by atoms with Crippen molar-refractivity contribution >= 4 is 16.8 Å². The number of rotatable bonds is 11. The molecule has 0 saturated carbocycles. The van der Waals surface area contributed by atoms with Crippen molar-refractivity contribution in [1.82, 2.24) is 15.2 Å². The molecule has 1 saturated heterocycles. The van der Waals surface area contributed by atoms with Crippen molar-refractivity contribution in [2.24, 2.45) is 5.92 Å². The van der Waals surface area contributed by atoms with E-state index in [9.17, 15) is 13.6 Å². The van der Waals surface area contributed by atoms with Crippen LogP contribution in [0.5, 0.6) is 0 Å². The van der Waals surface area contributed by atoms with Gasteiger partial charge in [0.15, 0.2) is 0 Å². The van der Waals surface area contributed by atoms with Crippen LogP contribution in [0.3, 0.4) is 0 Å². The lowest BCUT2D eigenvalue weighted by Crippen LogP contribution is -2.28. The molecule has 33 heavy (non-hydrogen) atoms. The zero-order chi connectivity index (χ0) is 23.0. The Morgan fingerprint density at radius 1 is 1.09 bits per heavy atom. The number of ether oxygens (including phenoxy) is 1. The minimum Gasteiger partial charge on any atom is -0.367 e. The second-order valence-corrected chi connectivity index (χ2v) is 8.88. The number of unbranched alkanes of at least 4 members (excludes halogenated alkanes) is 1. The first-order chi connectivity index (χ1) is 16.0. The van der Waals surface area contributed by atoms with Crippen LogP contribution in [-0.4, -0.2) is 42.0 Å². The highest BCUT2D eigenvalue weighted by atomic mass is 19.1. The van der Waals surface area contributed by atoms with E-state index in [1.54, 1.807) is 24.3 Å². The normalized spacial score (nSPS) is 16.5. The van der Waals surface area contributed by atoms with Crippen molar-refractivity contribution < 1.29 is 18.3 Å². The van der Waals surface area contributed by atoms with Crippen LogP contribution in [0.15, 0.2) is 48.5 Å². The summed E-state index contributed by atoms with van der Waals surface area (Å²) in [5.41, 5.74) is 2.94. The van der Waals surface area contributed by atoms with E-state index in [0.29, 0.717) is 19.1 Å². The van der Waals surface area contributed by atoms with E-state index in [-0.39, 0.29) is 24.1 Å². The molecule has 3 aromatic rings. The highest BCUT2D eigenvalue weighted by Gasteiger charge is 2.22. The minimum absolute atomic E-state index is 0.00928. The van der Waals surface area contributed by atoms with Crippen LogP contribution in [-0.2, 0) is 22.7 Å². The number of halogens is 2. The number of fused-ring (bicyclic) bond motifs is 1. The highest BCUT2D eigenvalue weighted by Crippen LogP contribution is 2.24. The van der Waals surface area contributed by atoms with Crippen LogP contribution in [0, 0.1) is 17.6 Å². The van der Waals surface area contributed by atoms with Gasteiger partial charge in [-0.2, -0.15) is 0 Å². The third kappa shape index (κ3) is 7.11. The summed E-state index contributed by atoms with van der Waals surface area (Å²) in [6.45, 7) is 3.97. The smallest absolute Gasteiger partial charge is 0.246 e. The third-order valence-corrected chi connectivity index (χ3v) is 6.18. The fourth-order valence-corrected chi connectivity index (χ4v) is 4.46. The van der Waals surface area contributed by atoms with Gasteiger partial charge in [-0.15, -0.1) is 0 Å². The number of hydrogen-bond donors (Lipinski definition) is 2. The molecular weight excluding hydrogens is 424 g/mol. The molecule has 2 heterocycles. The number of hydrogen-bond acceptors (Lipinski definition) is 3. The van der Waals surface area contributed by atoms with E-state index in [0.717, 1.165) is 61.1 Å². The summed E-state index contributed by atoms with van der Waals surface area (Å²) < 4.78 is 31.6. The average molecular weight is 456 g/mol. The molecule has 5 nitrogen and oxygen atoms in total. The van der Waals surface area contributed by atoms with Gasteiger partial charge in [0, 0.05) is 36.2 Å². The van der Waals surface area contributed by atoms with Gasteiger partial charge in [-0.1, -0.05) is 18.6 Å². The van der Waals surface area contributed by atoms with Crippen LogP contribution in [0.1, 0.15) is 36.9 Å². The lowest BCUT2D eigenvalue weighted by Gasteiger charge is -2.15. The Kier molecular flexibility index (Phi) is 8.07. The van der Waals surface area contributed by atoms with Crippen molar-refractivity contribution in [2.45, 2.75) is 38.8 Å². The fourth-order valence-electron chi connectivity index (χ4n) is 4.46. The summed E-state index contributed by atoms with van der Waals surface area (Å²) in [6.07, 6.45) is 4.39. The molecule has 0 aliphatic carbocycles. The van der Waals surface area contributed by atoms with Gasteiger partial charge in [-0.05, 0) is 73.7 Å². The van der Waals surface area contributed by atoms with Crippen LogP contribution in [0.4, 0.5) is 8.78 Å². The van der Waals surface area contributed by atoms with Crippen LogP contribution < -0.4 is 5.32 Å². The number of nitrogens with zero attached hydrogens (tertiary/aromatic N) is 1. The molecule has 1 aliphatic rings. The van der Waals surface area contributed by atoms with Crippen LogP contribution >= 0.6 is 0 Å². The Bertz CT molecular complexity index is 1050. The van der Waals surface area contributed by atoms with E-state index < -0.39 is 0 Å². The van der Waals surface area contributed by atoms with Crippen molar-refractivity contribution in [2.75, 3.05) is 26.2 Å². The number of nitrogens with one attached hydrogen (secondary N) is 2. The Morgan fingerprint density at radius 3 is 2.76 bits per heavy atom. The fraction of sp³-hybridized carbons (Fsp3) is 0.423. The second kappa shape index (κ2) is 11.4. The summed E-state index contributed by atoms with van der Waals surface area (Å²) in [7, 11) is 0. The van der Waals surface area contributed by atoms with E-state index in [2.05, 4.69) is 15.2 Å². The van der Waals surface area contributed by atoms with Gasteiger partial charge in [0.05, 0.1) is 6.61 Å². The summed E-state index contributed by atoms with van der Waals surface area (Å²) in [4.78, 5) is 17.7. The molecule has 2 aromatic carbocycles. The molecule has 1 aromatic heterocycles. The third-order valence-electron chi connectivity index (χ3n) is 6.18. The van der Waals surface area contributed by atoms with Gasteiger partial charge >= 0.3 is 0 Å². The zero-order valence-electron chi connectivity index (χ0n) is 18.8. The number of carbonyl (C=O) groups excluding carboxylic acids is 1. The van der Waals surface area contributed by atoms with Crippen molar-refractivity contribution in [3.05, 3.63) is 71.4 Å². The number of amides is 1. The standard InChI is InChI=1S/C26H31F2N3O2/c27-22-6-4-20(5-7-22)17-33-18-26(32)29-11-2-1-3-19-10-12-31(15-19)16-24-14-21-13-23(28)8-9-25(21)30-24/h4-9,13-14,19,30H,1-3,10-12,15-18H2,(H,29,32). The molecule has 176 valence electrons. The Balaban J connectivity index is 1.06. The lowest BCUT2D eigenvalue weighted by atomic mass is 10.0. The lowest BCUT2D eigenvalue weighted by molar-refractivity contribution is -0.126. The molecule has 0 bridgehead atoms. The van der Waals surface area contributed by atoms with E-state index in [1.165, 1.54) is 24.6 Å². The highest BCUT2D eigenvalue weighted by molar-refractivity contribution is 5.80. The number of H-pyrrole nitrogens is 1. The topological polar surface area (TPSA) is 57.4 Å². The predicted molar refractivity (Wildman–Crippen MR) is 125 cm³/mol. The second-order valence-electron chi connectivity index (χ2n) is 8.88. The first kappa shape index (κ1) is 23.4. The molecule has 7 heteroatoms. The summed E-state index contributed by atoms with van der Waals surface area (Å²) in [6, 6.07) is 12.9. The van der Waals surface area contributed by atoms with Gasteiger partial charge < -0.3 is 15.0 Å². The quantitative estimate of drug-likeness (QED) is 0.410. The van der Waals surface area contributed by atoms with Crippen molar-refractivity contribution in [1.29, 1.82) is 0 Å². The number of aromatic nitrogens is 1. The summed E-state index contributed by atoms with van der Waals surface area (Å²) in [5.74, 6) is 0.0701. The molecule has 4 rings (SSSR count). The summed E-state index contributed by atoms with van der Waals surface area (Å²) >= 11 is 0. The Labute approximate surface area is 193 Å². The molecule has 1 amide bonds. The molecule has 1 unspecified atom stereocenters. The maximum atomic E-state index is 13.4. The average Bonchev–Trinajstić information content (AvgIpc) is 3.41. The number of likely N-dealkylation sites (tertiary alicyclic amines) is 1. The maximum absolute atomic E-state index is 13.4. The van der Waals surface area contributed by atoms with E-state index in [1.807, 2.05) is 6.07 Å². The van der Waals surface area contributed by atoms with Crippen molar-refractivity contribution in [3.63, 3.8) is 0 Å². The Hall–Kier alpha value is -2.77. The molecule has 0 radical (unpaired) electrons. The van der Waals surface area contributed by atoms with Gasteiger partial charge in [-0.3, -0.25) is 9.69 Å². The molecular formula is C26H31F2N3O2. The molecule has 0 spiro atoms. The Morgan fingerprint density at radius 2 is 1.91 bits per heavy atom. The number of aromatic amines is 1. The predicted octanol–water partition coefficient (Wildman–Crippen LogP) is 4.77. The van der Waals surface area contributed by atoms with E-state index >= 15 is 0 Å². The van der Waals surface area contributed by atoms with Gasteiger partial charge in [0.25, 0.3) is 0 Å².